The fourth-order valence-corrected chi connectivity index (χ4v) is 4.32. The molecule has 0 spiro atoms. The fourth-order valence-electron chi connectivity index (χ4n) is 4.32. The molecule has 2 aromatic rings. The van der Waals surface area contributed by atoms with Crippen LogP contribution in [-0.4, -0.2) is 29.6 Å². The van der Waals surface area contributed by atoms with E-state index in [4.69, 9.17) is 9.15 Å². The van der Waals surface area contributed by atoms with Crippen LogP contribution in [0.1, 0.15) is 45.8 Å². The Morgan fingerprint density at radius 1 is 1.30 bits per heavy atom. The number of ether oxygens (including phenoxy) is 1. The second-order valence-electron chi connectivity index (χ2n) is 6.95. The van der Waals surface area contributed by atoms with Crippen molar-refractivity contribution in [3.05, 3.63) is 36.1 Å². The second-order valence-corrected chi connectivity index (χ2v) is 6.95. The third kappa shape index (κ3) is 2.47. The van der Waals surface area contributed by atoms with Crippen LogP contribution in [0.25, 0.3) is 16.5 Å². The summed E-state index contributed by atoms with van der Waals surface area (Å²) in [5, 5.41) is 1.09. The van der Waals surface area contributed by atoms with Crippen molar-refractivity contribution < 1.29 is 9.15 Å². The summed E-state index contributed by atoms with van der Waals surface area (Å²) in [7, 11) is 0. The molecule has 3 heteroatoms. The Morgan fingerprint density at radius 2 is 2.17 bits per heavy atom. The number of furan rings is 1. The van der Waals surface area contributed by atoms with Crippen molar-refractivity contribution in [1.82, 2.24) is 4.90 Å². The predicted molar refractivity (Wildman–Crippen MR) is 93.8 cm³/mol. The third-order valence-electron chi connectivity index (χ3n) is 5.18. The summed E-state index contributed by atoms with van der Waals surface area (Å²) in [5.74, 6) is 1.94. The Hall–Kier alpha value is -1.74. The van der Waals surface area contributed by atoms with E-state index in [0.29, 0.717) is 24.7 Å². The lowest BCUT2D eigenvalue weighted by Gasteiger charge is -2.36. The molecule has 1 aromatic carbocycles. The van der Waals surface area contributed by atoms with Crippen molar-refractivity contribution in [2.75, 3.05) is 6.61 Å². The first kappa shape index (κ1) is 14.8. The molecule has 4 rings (SSSR count). The zero-order chi connectivity index (χ0) is 16.0. The smallest absolute Gasteiger partial charge is 0.138 e. The van der Waals surface area contributed by atoms with Gasteiger partial charge in [0, 0.05) is 18.1 Å². The lowest BCUT2D eigenvalue weighted by atomic mass is 9.97. The van der Waals surface area contributed by atoms with Crippen molar-refractivity contribution >= 4 is 16.5 Å². The average molecular weight is 311 g/mol. The first-order valence-corrected chi connectivity index (χ1v) is 8.81. The van der Waals surface area contributed by atoms with Gasteiger partial charge in [0.2, 0.25) is 0 Å². The molecule has 2 aliphatic heterocycles. The van der Waals surface area contributed by atoms with E-state index >= 15 is 0 Å². The van der Waals surface area contributed by atoms with Gasteiger partial charge in [-0.25, -0.2) is 0 Å². The van der Waals surface area contributed by atoms with E-state index in [2.05, 4.69) is 30.9 Å². The minimum absolute atomic E-state index is 0.573. The molecule has 2 atom stereocenters. The first-order valence-electron chi connectivity index (χ1n) is 8.81. The highest BCUT2D eigenvalue weighted by atomic mass is 16.5. The highest BCUT2D eigenvalue weighted by molar-refractivity contribution is 5.87. The van der Waals surface area contributed by atoms with Gasteiger partial charge in [-0.15, -0.1) is 0 Å². The highest BCUT2D eigenvalue weighted by Crippen LogP contribution is 2.41. The van der Waals surface area contributed by atoms with Crippen LogP contribution in [0.4, 0.5) is 0 Å². The molecule has 3 nitrogen and oxygen atoms in total. The summed E-state index contributed by atoms with van der Waals surface area (Å²) in [5.41, 5.74) is 2.29. The zero-order valence-corrected chi connectivity index (χ0v) is 14.2. The zero-order valence-electron chi connectivity index (χ0n) is 14.2. The summed E-state index contributed by atoms with van der Waals surface area (Å²) >= 11 is 0. The van der Waals surface area contributed by atoms with E-state index in [1.54, 1.807) is 0 Å². The number of benzene rings is 1. The summed E-state index contributed by atoms with van der Waals surface area (Å²) < 4.78 is 11.9. The SMILES string of the molecule is CCOc1cccc2oc(C3=CC4CCC(C3)N4C(C)C)cc12. The molecule has 1 aromatic heterocycles. The quantitative estimate of drug-likeness (QED) is 0.806. The topological polar surface area (TPSA) is 25.6 Å². The van der Waals surface area contributed by atoms with Gasteiger partial charge in [0.1, 0.15) is 17.1 Å². The van der Waals surface area contributed by atoms with Gasteiger partial charge in [0.25, 0.3) is 0 Å². The van der Waals surface area contributed by atoms with Gasteiger partial charge in [-0.3, -0.25) is 4.90 Å². The number of hydrogen-bond acceptors (Lipinski definition) is 3. The maximum Gasteiger partial charge on any atom is 0.138 e. The Bertz CT molecular complexity index is 743. The van der Waals surface area contributed by atoms with Gasteiger partial charge in [-0.2, -0.15) is 0 Å². The summed E-state index contributed by atoms with van der Waals surface area (Å²) in [4.78, 5) is 2.66. The number of fused-ring (bicyclic) bond motifs is 3. The van der Waals surface area contributed by atoms with Crippen molar-refractivity contribution in [3.63, 3.8) is 0 Å². The lowest BCUT2D eigenvalue weighted by Crippen LogP contribution is -2.42. The maximum absolute atomic E-state index is 6.15. The average Bonchev–Trinajstić information content (AvgIpc) is 3.07. The van der Waals surface area contributed by atoms with Crippen LogP contribution in [0.2, 0.25) is 0 Å². The van der Waals surface area contributed by atoms with Crippen LogP contribution in [0.5, 0.6) is 5.75 Å². The van der Waals surface area contributed by atoms with E-state index in [1.165, 1.54) is 18.4 Å². The molecule has 0 aliphatic carbocycles. The van der Waals surface area contributed by atoms with E-state index in [9.17, 15) is 0 Å². The standard InChI is InChI=1S/C20H25NO2/c1-4-22-18-6-5-7-19-17(18)12-20(23-19)14-10-15-8-9-16(11-14)21(15)13(2)3/h5-7,10,12-13,15-16H,4,8-9,11H2,1-3H3. The van der Waals surface area contributed by atoms with Crippen molar-refractivity contribution in [1.29, 1.82) is 0 Å². The molecule has 3 heterocycles. The van der Waals surface area contributed by atoms with Gasteiger partial charge in [0.15, 0.2) is 0 Å². The molecule has 0 saturated carbocycles. The Labute approximate surface area is 137 Å². The molecule has 2 unspecified atom stereocenters. The Balaban J connectivity index is 1.70. The van der Waals surface area contributed by atoms with Crippen LogP contribution in [-0.2, 0) is 0 Å². The summed E-state index contributed by atoms with van der Waals surface area (Å²) in [6.45, 7) is 7.30. The monoisotopic (exact) mass is 311 g/mol. The van der Waals surface area contributed by atoms with Gasteiger partial charge >= 0.3 is 0 Å². The van der Waals surface area contributed by atoms with E-state index < -0.39 is 0 Å². The summed E-state index contributed by atoms with van der Waals surface area (Å²) in [6, 6.07) is 10.1. The maximum atomic E-state index is 6.15. The number of hydrogen-bond donors (Lipinski definition) is 0. The minimum Gasteiger partial charge on any atom is -0.493 e. The van der Waals surface area contributed by atoms with Gasteiger partial charge in [-0.1, -0.05) is 12.1 Å². The molecule has 2 bridgehead atoms. The molecule has 1 saturated heterocycles. The molecular formula is C20H25NO2. The fraction of sp³-hybridized carbons (Fsp3) is 0.500. The van der Waals surface area contributed by atoms with Crippen molar-refractivity contribution in [2.24, 2.45) is 0 Å². The molecule has 1 fully saturated rings. The van der Waals surface area contributed by atoms with Crippen molar-refractivity contribution in [2.45, 2.75) is 58.2 Å². The number of nitrogens with zero attached hydrogens (tertiary/aromatic N) is 1. The lowest BCUT2D eigenvalue weighted by molar-refractivity contribution is 0.165. The van der Waals surface area contributed by atoms with Crippen LogP contribution < -0.4 is 4.74 Å². The Morgan fingerprint density at radius 3 is 2.91 bits per heavy atom. The van der Waals surface area contributed by atoms with Gasteiger partial charge in [-0.05, 0) is 63.8 Å². The highest BCUT2D eigenvalue weighted by Gasteiger charge is 2.38. The molecule has 2 aliphatic rings. The van der Waals surface area contributed by atoms with Crippen LogP contribution in [0.15, 0.2) is 34.8 Å². The van der Waals surface area contributed by atoms with Crippen LogP contribution >= 0.6 is 0 Å². The van der Waals surface area contributed by atoms with Crippen LogP contribution in [0, 0.1) is 0 Å². The van der Waals surface area contributed by atoms with E-state index in [1.807, 2.05) is 25.1 Å². The molecule has 122 valence electrons. The second kappa shape index (κ2) is 5.72. The normalized spacial score (nSPS) is 24.4. The largest absolute Gasteiger partial charge is 0.493 e. The Kier molecular flexibility index (Phi) is 3.68. The van der Waals surface area contributed by atoms with E-state index in [0.717, 1.165) is 28.9 Å². The third-order valence-corrected chi connectivity index (χ3v) is 5.18. The first-order chi connectivity index (χ1) is 11.2. The molecule has 0 amide bonds. The predicted octanol–water partition coefficient (Wildman–Crippen LogP) is 4.86. The number of rotatable bonds is 4. The van der Waals surface area contributed by atoms with E-state index in [-0.39, 0.29) is 0 Å². The van der Waals surface area contributed by atoms with Crippen LogP contribution in [0.3, 0.4) is 0 Å². The van der Waals surface area contributed by atoms with Gasteiger partial charge in [0.05, 0.1) is 12.0 Å². The molecular weight excluding hydrogens is 286 g/mol. The molecule has 0 N–H and O–H groups in total. The molecule has 23 heavy (non-hydrogen) atoms. The minimum atomic E-state index is 0.573. The summed E-state index contributed by atoms with van der Waals surface area (Å²) in [6.07, 6.45) is 6.10. The molecule has 0 radical (unpaired) electrons. The van der Waals surface area contributed by atoms with Crippen molar-refractivity contribution in [3.8, 4) is 5.75 Å². The van der Waals surface area contributed by atoms with Gasteiger partial charge < -0.3 is 9.15 Å².